The number of aromatic nitrogens is 1. The number of hydrogen-bond acceptors (Lipinski definition) is 4. The van der Waals surface area contributed by atoms with Crippen LogP contribution in [0.25, 0.3) is 10.9 Å². The fourth-order valence-corrected chi connectivity index (χ4v) is 4.20. The Morgan fingerprint density at radius 3 is 2.62 bits per heavy atom. The summed E-state index contributed by atoms with van der Waals surface area (Å²) in [7, 11) is -1.72. The minimum absolute atomic E-state index is 0.574. The summed E-state index contributed by atoms with van der Waals surface area (Å²) in [6, 6.07) is 13.3. The Balaban J connectivity index is 2.11. The molecule has 0 aliphatic carbocycles. The number of fused-ring (bicyclic) bond motifs is 1. The first-order chi connectivity index (χ1) is 11.4. The van der Waals surface area contributed by atoms with Crippen molar-refractivity contribution in [1.82, 2.24) is 4.98 Å². The summed E-state index contributed by atoms with van der Waals surface area (Å²) < 4.78 is 31.2. The van der Waals surface area contributed by atoms with E-state index in [1.807, 2.05) is 43.3 Å². The molecule has 2 aromatic carbocycles. The van der Waals surface area contributed by atoms with Gasteiger partial charge in [0.1, 0.15) is 5.75 Å². The summed E-state index contributed by atoms with van der Waals surface area (Å²) in [4.78, 5) is 5.33. The molecule has 2 N–H and O–H groups in total. The van der Waals surface area contributed by atoms with Crippen LogP contribution in [0, 0.1) is 6.92 Å². The molecule has 0 radical (unpaired) electrons. The van der Waals surface area contributed by atoms with Gasteiger partial charge in [-0.25, -0.2) is 8.42 Å². The van der Waals surface area contributed by atoms with Crippen LogP contribution >= 0.6 is 11.8 Å². The molecular weight excluding hydrogens is 344 g/mol. The van der Waals surface area contributed by atoms with E-state index < -0.39 is 10.0 Å². The highest BCUT2D eigenvalue weighted by atomic mass is 32.2. The van der Waals surface area contributed by atoms with Gasteiger partial charge >= 0.3 is 0 Å². The van der Waals surface area contributed by atoms with Crippen LogP contribution in [0.2, 0.25) is 0 Å². The number of nitrogens with one attached hydrogen (secondary N) is 2. The quantitative estimate of drug-likeness (QED) is 0.719. The van der Waals surface area contributed by atoms with Crippen LogP contribution in [-0.4, -0.2) is 26.8 Å². The number of methoxy groups -OCH3 is 1. The van der Waals surface area contributed by atoms with Gasteiger partial charge in [-0.2, -0.15) is 0 Å². The molecule has 0 saturated heterocycles. The Bertz CT molecular complexity index is 994. The molecule has 0 saturated carbocycles. The molecule has 7 heteroatoms. The summed E-state index contributed by atoms with van der Waals surface area (Å²) in [5.41, 5.74) is 2.46. The number of anilines is 1. The van der Waals surface area contributed by atoms with Crippen molar-refractivity contribution in [2.75, 3.05) is 18.1 Å². The largest absolute Gasteiger partial charge is 0.497 e. The molecule has 3 aromatic rings. The second-order valence-corrected chi connectivity index (χ2v) is 8.29. The van der Waals surface area contributed by atoms with Gasteiger partial charge in [0.15, 0.2) is 0 Å². The van der Waals surface area contributed by atoms with Gasteiger partial charge in [-0.15, -0.1) is 0 Å². The van der Waals surface area contributed by atoms with Crippen LogP contribution in [0.15, 0.2) is 52.3 Å². The third-order valence-electron chi connectivity index (χ3n) is 3.51. The second kappa shape index (κ2) is 6.41. The van der Waals surface area contributed by atoms with Gasteiger partial charge < -0.3 is 9.72 Å². The summed E-state index contributed by atoms with van der Waals surface area (Å²) in [5.74, 6) is 0.784. The lowest BCUT2D eigenvalue weighted by Crippen LogP contribution is -2.09. The molecule has 0 aliphatic heterocycles. The Hall–Kier alpha value is -2.12. The molecule has 1 heterocycles. The van der Waals surface area contributed by atoms with Gasteiger partial charge in [0, 0.05) is 26.4 Å². The highest BCUT2D eigenvalue weighted by molar-refractivity contribution is 7.99. The summed E-state index contributed by atoms with van der Waals surface area (Å²) in [6.45, 7) is 1.98. The van der Waals surface area contributed by atoms with Crippen molar-refractivity contribution in [2.24, 2.45) is 0 Å². The van der Waals surface area contributed by atoms with Crippen molar-refractivity contribution in [1.29, 1.82) is 0 Å². The van der Waals surface area contributed by atoms with Crippen LogP contribution in [0.1, 0.15) is 5.69 Å². The zero-order valence-corrected chi connectivity index (χ0v) is 15.2. The average molecular weight is 362 g/mol. The number of rotatable bonds is 5. The molecule has 0 amide bonds. The first kappa shape index (κ1) is 16.7. The molecule has 5 nitrogen and oxygen atoms in total. The topological polar surface area (TPSA) is 71.2 Å². The number of benzene rings is 2. The van der Waals surface area contributed by atoms with Crippen molar-refractivity contribution in [2.45, 2.75) is 16.7 Å². The fraction of sp³-hybridized carbons (Fsp3) is 0.176. The van der Waals surface area contributed by atoms with Gasteiger partial charge in [-0.1, -0.05) is 23.9 Å². The number of H-pyrrole nitrogens is 1. The SMILES string of the molecule is COc1cccc(Sc2c(C)[nH]c3cccc(NS(C)(=O)=O)c23)c1. The molecule has 0 aliphatic rings. The van der Waals surface area contributed by atoms with Gasteiger partial charge in [0.25, 0.3) is 0 Å². The smallest absolute Gasteiger partial charge is 0.229 e. The van der Waals surface area contributed by atoms with Gasteiger partial charge in [0.2, 0.25) is 10.0 Å². The van der Waals surface area contributed by atoms with E-state index >= 15 is 0 Å². The maximum absolute atomic E-state index is 11.7. The molecule has 0 bridgehead atoms. The van der Waals surface area contributed by atoms with E-state index in [2.05, 4.69) is 9.71 Å². The van der Waals surface area contributed by atoms with Crippen molar-refractivity contribution in [3.8, 4) is 5.75 Å². The predicted molar refractivity (Wildman–Crippen MR) is 98.6 cm³/mol. The molecule has 0 fully saturated rings. The summed E-state index contributed by atoms with van der Waals surface area (Å²) in [6.07, 6.45) is 1.15. The maximum atomic E-state index is 11.7. The lowest BCUT2D eigenvalue weighted by molar-refractivity contribution is 0.413. The van der Waals surface area contributed by atoms with Crippen LogP contribution in [0.3, 0.4) is 0 Å². The van der Waals surface area contributed by atoms with E-state index in [1.54, 1.807) is 24.9 Å². The van der Waals surface area contributed by atoms with Crippen molar-refractivity contribution in [3.05, 3.63) is 48.2 Å². The zero-order chi connectivity index (χ0) is 17.3. The van der Waals surface area contributed by atoms with Gasteiger partial charge in [-0.3, -0.25) is 4.72 Å². The number of aryl methyl sites for hydroxylation is 1. The highest BCUT2D eigenvalue weighted by Crippen LogP contribution is 2.40. The Morgan fingerprint density at radius 1 is 1.17 bits per heavy atom. The molecular formula is C17H18N2O3S2. The summed E-state index contributed by atoms with van der Waals surface area (Å²) in [5, 5.41) is 0.869. The van der Waals surface area contributed by atoms with Crippen LogP contribution in [0.5, 0.6) is 5.75 Å². The number of ether oxygens (including phenoxy) is 1. The van der Waals surface area contributed by atoms with E-state index in [0.29, 0.717) is 5.69 Å². The van der Waals surface area contributed by atoms with Crippen LogP contribution in [0.4, 0.5) is 5.69 Å². The number of hydrogen-bond donors (Lipinski definition) is 2. The normalized spacial score (nSPS) is 11.6. The first-order valence-corrected chi connectivity index (χ1v) is 9.99. The Labute approximate surface area is 145 Å². The monoisotopic (exact) mass is 362 g/mol. The molecule has 0 atom stereocenters. The molecule has 126 valence electrons. The predicted octanol–water partition coefficient (Wildman–Crippen LogP) is 4.01. The lowest BCUT2D eigenvalue weighted by Gasteiger charge is -2.09. The van der Waals surface area contributed by atoms with Crippen LogP contribution in [-0.2, 0) is 10.0 Å². The van der Waals surface area contributed by atoms with E-state index in [1.165, 1.54) is 0 Å². The summed E-state index contributed by atoms with van der Waals surface area (Å²) >= 11 is 1.57. The maximum Gasteiger partial charge on any atom is 0.229 e. The lowest BCUT2D eigenvalue weighted by atomic mass is 10.2. The zero-order valence-electron chi connectivity index (χ0n) is 13.6. The van der Waals surface area contributed by atoms with E-state index in [4.69, 9.17) is 4.74 Å². The van der Waals surface area contributed by atoms with Crippen LogP contribution < -0.4 is 9.46 Å². The number of sulfonamides is 1. The fourth-order valence-electron chi connectivity index (χ4n) is 2.54. The van der Waals surface area contributed by atoms with Gasteiger partial charge in [0.05, 0.1) is 19.1 Å². The van der Waals surface area contributed by atoms with Gasteiger partial charge in [-0.05, 0) is 37.3 Å². The molecule has 24 heavy (non-hydrogen) atoms. The van der Waals surface area contributed by atoms with Crippen molar-refractivity contribution >= 4 is 38.4 Å². The Morgan fingerprint density at radius 2 is 1.92 bits per heavy atom. The first-order valence-electron chi connectivity index (χ1n) is 7.28. The minimum atomic E-state index is -3.35. The van der Waals surface area contributed by atoms with Crippen molar-refractivity contribution in [3.63, 3.8) is 0 Å². The highest BCUT2D eigenvalue weighted by Gasteiger charge is 2.15. The standard InChI is InChI=1S/C17H18N2O3S2/c1-11-17(23-13-7-4-6-12(10-13)22-2)16-14(18-11)8-5-9-15(16)19-24(3,20)21/h4-10,18-19H,1-3H3. The third-order valence-corrected chi connectivity index (χ3v) is 5.31. The second-order valence-electron chi connectivity index (χ2n) is 5.46. The van der Waals surface area contributed by atoms with Crippen molar-refractivity contribution < 1.29 is 13.2 Å². The third kappa shape index (κ3) is 3.52. The molecule has 0 spiro atoms. The van der Waals surface area contributed by atoms with E-state index in [9.17, 15) is 8.42 Å². The molecule has 1 aromatic heterocycles. The molecule has 0 unspecified atom stereocenters. The average Bonchev–Trinajstić information content (AvgIpc) is 2.83. The Kier molecular flexibility index (Phi) is 4.47. The molecule has 3 rings (SSSR count). The van der Waals surface area contributed by atoms with E-state index in [0.717, 1.165) is 38.4 Å². The minimum Gasteiger partial charge on any atom is -0.497 e. The van der Waals surface area contributed by atoms with E-state index in [-0.39, 0.29) is 0 Å². The number of aromatic amines is 1.